The second kappa shape index (κ2) is 6.17. The molecule has 0 aromatic heterocycles. The van der Waals surface area contributed by atoms with Crippen LogP contribution in [0.3, 0.4) is 0 Å². The van der Waals surface area contributed by atoms with Crippen molar-refractivity contribution in [2.24, 2.45) is 0 Å². The number of morpholine rings is 1. The number of ether oxygens (including phenoxy) is 2. The largest absolute Gasteiger partial charge is 0.465 e. The summed E-state index contributed by atoms with van der Waals surface area (Å²) in [5, 5.41) is 0. The third kappa shape index (κ3) is 3.22. The number of carbonyl (C=O) groups is 1. The predicted molar refractivity (Wildman–Crippen MR) is 66.0 cm³/mol. The summed E-state index contributed by atoms with van der Waals surface area (Å²) in [4.78, 5) is 11.8. The van der Waals surface area contributed by atoms with Gasteiger partial charge in [-0.1, -0.05) is 0 Å². The van der Waals surface area contributed by atoms with Crippen molar-refractivity contribution < 1.29 is 18.7 Å². The van der Waals surface area contributed by atoms with Gasteiger partial charge in [-0.2, -0.15) is 0 Å². The van der Waals surface area contributed by atoms with E-state index in [1.54, 1.807) is 0 Å². The second-order valence-electron chi connectivity index (χ2n) is 3.77. The van der Waals surface area contributed by atoms with Gasteiger partial charge in [0.2, 0.25) is 0 Å². The first-order chi connectivity index (χ1) is 8.70. The first-order valence-corrected chi connectivity index (χ1v) is 6.36. The normalized spacial score (nSPS) is 16.6. The Labute approximate surface area is 109 Å². The van der Waals surface area contributed by atoms with Crippen LogP contribution in [0.25, 0.3) is 0 Å². The van der Waals surface area contributed by atoms with Crippen molar-refractivity contribution in [1.29, 1.82) is 0 Å². The minimum atomic E-state index is -0.459. The highest BCUT2D eigenvalue weighted by Gasteiger charge is 2.16. The van der Waals surface area contributed by atoms with Gasteiger partial charge in [0.05, 0.1) is 30.8 Å². The van der Waals surface area contributed by atoms with E-state index >= 15 is 0 Å². The van der Waals surface area contributed by atoms with Crippen LogP contribution in [0.4, 0.5) is 4.39 Å². The van der Waals surface area contributed by atoms with Gasteiger partial charge >= 0.3 is 5.97 Å². The summed E-state index contributed by atoms with van der Waals surface area (Å²) in [6.07, 6.45) is 0. The van der Waals surface area contributed by atoms with Gasteiger partial charge in [-0.15, -0.1) is 0 Å². The van der Waals surface area contributed by atoms with Crippen molar-refractivity contribution in [3.05, 3.63) is 29.6 Å². The molecule has 0 N–H and O–H groups in total. The van der Waals surface area contributed by atoms with Crippen LogP contribution in [0.1, 0.15) is 10.4 Å². The molecule has 0 atom stereocenters. The van der Waals surface area contributed by atoms with Crippen LogP contribution in [0, 0.1) is 5.82 Å². The molecule has 0 saturated carbocycles. The Hall–Kier alpha value is -1.11. The van der Waals surface area contributed by atoms with E-state index in [1.165, 1.54) is 37.3 Å². The van der Waals surface area contributed by atoms with Crippen LogP contribution >= 0.6 is 11.9 Å². The van der Waals surface area contributed by atoms with Crippen LogP contribution in [0.5, 0.6) is 0 Å². The van der Waals surface area contributed by atoms with E-state index in [0.717, 1.165) is 13.1 Å². The van der Waals surface area contributed by atoms with E-state index in [9.17, 15) is 9.18 Å². The number of hydrogen-bond donors (Lipinski definition) is 0. The van der Waals surface area contributed by atoms with Crippen LogP contribution in [0.15, 0.2) is 23.1 Å². The third-order valence-electron chi connectivity index (χ3n) is 2.55. The van der Waals surface area contributed by atoms with Crippen molar-refractivity contribution in [1.82, 2.24) is 4.31 Å². The molecule has 0 amide bonds. The summed E-state index contributed by atoms with van der Waals surface area (Å²) in [6, 6.07) is 4.22. The first-order valence-electron chi connectivity index (χ1n) is 5.59. The van der Waals surface area contributed by atoms with E-state index in [1.807, 2.05) is 4.31 Å². The van der Waals surface area contributed by atoms with Crippen molar-refractivity contribution in [3.8, 4) is 0 Å². The topological polar surface area (TPSA) is 38.8 Å². The zero-order valence-corrected chi connectivity index (χ0v) is 10.8. The fourth-order valence-corrected chi connectivity index (χ4v) is 2.54. The first kappa shape index (κ1) is 13.3. The summed E-state index contributed by atoms with van der Waals surface area (Å²) in [7, 11) is 1.31. The Morgan fingerprint density at radius 2 is 2.17 bits per heavy atom. The maximum absolute atomic E-state index is 13.7. The second-order valence-corrected chi connectivity index (χ2v) is 4.91. The standard InChI is InChI=1S/C12H14FNO3S/c1-16-12(15)9-2-3-10(13)11(8-9)18-14-4-6-17-7-5-14/h2-3,8H,4-7H2,1H3. The lowest BCUT2D eigenvalue weighted by Crippen LogP contribution is -2.31. The van der Waals surface area contributed by atoms with Gasteiger partial charge in [0.1, 0.15) is 5.82 Å². The number of methoxy groups -OCH3 is 1. The average Bonchev–Trinajstić information content (AvgIpc) is 2.41. The molecular weight excluding hydrogens is 257 g/mol. The van der Waals surface area contributed by atoms with Gasteiger partial charge in [0, 0.05) is 13.1 Å². The summed E-state index contributed by atoms with van der Waals surface area (Å²) >= 11 is 1.30. The highest BCUT2D eigenvalue weighted by molar-refractivity contribution is 7.97. The molecule has 0 unspecified atom stereocenters. The maximum atomic E-state index is 13.7. The number of carbonyl (C=O) groups excluding carboxylic acids is 1. The zero-order chi connectivity index (χ0) is 13.0. The Bertz CT molecular complexity index is 435. The van der Waals surface area contributed by atoms with E-state index in [-0.39, 0.29) is 5.82 Å². The Balaban J connectivity index is 2.12. The lowest BCUT2D eigenvalue weighted by Gasteiger charge is -2.25. The summed E-state index contributed by atoms with van der Waals surface area (Å²) < 4.78 is 25.5. The van der Waals surface area contributed by atoms with Crippen molar-refractivity contribution in [2.45, 2.75) is 4.90 Å². The molecule has 0 spiro atoms. The molecule has 1 saturated heterocycles. The predicted octanol–water partition coefficient (Wildman–Crippen LogP) is 1.95. The van der Waals surface area contributed by atoms with E-state index < -0.39 is 5.97 Å². The molecule has 98 valence electrons. The maximum Gasteiger partial charge on any atom is 0.337 e. The number of esters is 1. The van der Waals surface area contributed by atoms with Crippen LogP contribution in [-0.4, -0.2) is 43.7 Å². The molecule has 1 heterocycles. The molecule has 1 aliphatic rings. The number of benzene rings is 1. The third-order valence-corrected chi connectivity index (χ3v) is 3.68. The van der Waals surface area contributed by atoms with E-state index in [4.69, 9.17) is 4.74 Å². The van der Waals surface area contributed by atoms with Crippen LogP contribution in [0.2, 0.25) is 0 Å². The Kier molecular flexibility index (Phi) is 4.57. The SMILES string of the molecule is COC(=O)c1ccc(F)c(SN2CCOCC2)c1. The monoisotopic (exact) mass is 271 g/mol. The van der Waals surface area contributed by atoms with Gasteiger partial charge < -0.3 is 9.47 Å². The van der Waals surface area contributed by atoms with Gasteiger partial charge in [-0.05, 0) is 30.1 Å². The Morgan fingerprint density at radius 1 is 1.44 bits per heavy atom. The van der Waals surface area contributed by atoms with Crippen LogP contribution in [-0.2, 0) is 9.47 Å². The summed E-state index contributed by atoms with van der Waals surface area (Å²) in [5.74, 6) is -0.794. The summed E-state index contributed by atoms with van der Waals surface area (Å²) in [6.45, 7) is 2.77. The molecule has 1 aromatic rings. The molecule has 0 radical (unpaired) electrons. The number of rotatable bonds is 3. The van der Waals surface area contributed by atoms with Gasteiger partial charge in [-0.25, -0.2) is 13.5 Å². The van der Waals surface area contributed by atoms with Crippen molar-refractivity contribution in [2.75, 3.05) is 33.4 Å². The molecule has 6 heteroatoms. The average molecular weight is 271 g/mol. The number of hydrogen-bond acceptors (Lipinski definition) is 5. The Morgan fingerprint density at radius 3 is 2.83 bits per heavy atom. The van der Waals surface area contributed by atoms with E-state index in [2.05, 4.69) is 4.74 Å². The minimum absolute atomic E-state index is 0.334. The highest BCUT2D eigenvalue weighted by Crippen LogP contribution is 2.27. The quantitative estimate of drug-likeness (QED) is 0.620. The molecule has 1 aliphatic heterocycles. The molecule has 18 heavy (non-hydrogen) atoms. The molecule has 2 rings (SSSR count). The van der Waals surface area contributed by atoms with Gasteiger partial charge in [0.25, 0.3) is 0 Å². The van der Waals surface area contributed by atoms with E-state index in [0.29, 0.717) is 23.7 Å². The lowest BCUT2D eigenvalue weighted by molar-refractivity contribution is 0.0600. The van der Waals surface area contributed by atoms with Crippen LogP contribution < -0.4 is 0 Å². The van der Waals surface area contributed by atoms with Crippen molar-refractivity contribution >= 4 is 17.9 Å². The fourth-order valence-electron chi connectivity index (χ4n) is 1.60. The molecule has 1 fully saturated rings. The molecule has 0 bridgehead atoms. The smallest absolute Gasteiger partial charge is 0.337 e. The van der Waals surface area contributed by atoms with Gasteiger partial charge in [-0.3, -0.25) is 0 Å². The lowest BCUT2D eigenvalue weighted by atomic mass is 10.2. The highest BCUT2D eigenvalue weighted by atomic mass is 32.2. The summed E-state index contributed by atoms with van der Waals surface area (Å²) in [5.41, 5.74) is 0.356. The molecule has 4 nitrogen and oxygen atoms in total. The molecule has 1 aromatic carbocycles. The molecule has 0 aliphatic carbocycles. The number of nitrogens with zero attached hydrogens (tertiary/aromatic N) is 1. The number of halogens is 1. The molecular formula is C12H14FNO3S. The fraction of sp³-hybridized carbons (Fsp3) is 0.417. The van der Waals surface area contributed by atoms with Gasteiger partial charge in [0.15, 0.2) is 0 Å². The zero-order valence-electron chi connectivity index (χ0n) is 10.0. The van der Waals surface area contributed by atoms with Crippen molar-refractivity contribution in [3.63, 3.8) is 0 Å². The minimum Gasteiger partial charge on any atom is -0.465 e.